The van der Waals surface area contributed by atoms with Crippen LogP contribution >= 0.6 is 23.2 Å². The summed E-state index contributed by atoms with van der Waals surface area (Å²) in [6.45, 7) is 5.78. The molecule has 3 heteroatoms. The Labute approximate surface area is 133 Å². The average molecular weight is 314 g/mol. The van der Waals surface area contributed by atoms with Crippen molar-refractivity contribution < 1.29 is 0 Å². The Kier molecular flexibility index (Phi) is 5.77. The van der Waals surface area contributed by atoms with Gasteiger partial charge in [0.05, 0.1) is 0 Å². The summed E-state index contributed by atoms with van der Waals surface area (Å²) in [5, 5.41) is 5.18. The van der Waals surface area contributed by atoms with Gasteiger partial charge in [0.15, 0.2) is 0 Å². The number of hydrogen-bond donors (Lipinski definition) is 1. The van der Waals surface area contributed by atoms with E-state index in [4.69, 9.17) is 23.2 Å². The molecule has 1 aliphatic rings. The van der Waals surface area contributed by atoms with Gasteiger partial charge in [-0.05, 0) is 61.8 Å². The second kappa shape index (κ2) is 7.15. The minimum Gasteiger partial charge on any atom is -0.314 e. The maximum Gasteiger partial charge on any atom is 0.0453 e. The zero-order valence-electron chi connectivity index (χ0n) is 12.5. The Bertz CT molecular complexity index is 443. The molecule has 1 unspecified atom stereocenters. The Morgan fingerprint density at radius 1 is 1.20 bits per heavy atom. The fraction of sp³-hybridized carbons (Fsp3) is 0.647. The van der Waals surface area contributed by atoms with E-state index in [9.17, 15) is 0 Å². The summed E-state index contributed by atoms with van der Waals surface area (Å²) in [5.41, 5.74) is 1.70. The highest BCUT2D eigenvalue weighted by Gasteiger charge is 2.23. The third-order valence-corrected chi connectivity index (χ3v) is 5.01. The molecule has 0 saturated heterocycles. The molecule has 112 valence electrons. The van der Waals surface area contributed by atoms with Crippen LogP contribution < -0.4 is 5.32 Å². The van der Waals surface area contributed by atoms with Crippen LogP contribution in [0.25, 0.3) is 0 Å². The van der Waals surface area contributed by atoms with Gasteiger partial charge in [-0.25, -0.2) is 0 Å². The van der Waals surface area contributed by atoms with Crippen LogP contribution in [0.5, 0.6) is 0 Å². The molecule has 1 atom stereocenters. The summed E-state index contributed by atoms with van der Waals surface area (Å²) in [4.78, 5) is 0. The fourth-order valence-electron chi connectivity index (χ4n) is 3.00. The van der Waals surface area contributed by atoms with Crippen molar-refractivity contribution in [3.05, 3.63) is 33.8 Å². The zero-order valence-corrected chi connectivity index (χ0v) is 14.0. The van der Waals surface area contributed by atoms with Crippen LogP contribution in [0.4, 0.5) is 0 Å². The highest BCUT2D eigenvalue weighted by atomic mass is 35.5. The van der Waals surface area contributed by atoms with Crippen molar-refractivity contribution in [1.82, 2.24) is 5.32 Å². The number of benzene rings is 1. The average Bonchev–Trinajstić information content (AvgIpc) is 2.54. The molecule has 1 aromatic rings. The molecular weight excluding hydrogens is 289 g/mol. The Morgan fingerprint density at radius 3 is 2.75 bits per heavy atom. The van der Waals surface area contributed by atoms with Crippen LogP contribution in [0.2, 0.25) is 10.0 Å². The van der Waals surface area contributed by atoms with Crippen molar-refractivity contribution >= 4 is 23.2 Å². The number of rotatable bonds is 4. The number of halogens is 2. The highest BCUT2D eigenvalue weighted by molar-refractivity contribution is 6.35. The van der Waals surface area contributed by atoms with Crippen molar-refractivity contribution in [2.45, 2.75) is 58.4 Å². The lowest BCUT2D eigenvalue weighted by Gasteiger charge is -2.22. The molecule has 2 rings (SSSR count). The van der Waals surface area contributed by atoms with Gasteiger partial charge in [0, 0.05) is 16.1 Å². The van der Waals surface area contributed by atoms with Gasteiger partial charge in [-0.3, -0.25) is 0 Å². The molecule has 1 aliphatic carbocycles. The monoisotopic (exact) mass is 313 g/mol. The Balaban J connectivity index is 1.78. The molecule has 0 spiro atoms. The number of hydrogen-bond acceptors (Lipinski definition) is 1. The predicted octanol–water partition coefficient (Wildman–Crippen LogP) is 5.48. The van der Waals surface area contributed by atoms with Crippen molar-refractivity contribution in [3.63, 3.8) is 0 Å². The summed E-state index contributed by atoms with van der Waals surface area (Å²) < 4.78 is 0. The quantitative estimate of drug-likeness (QED) is 0.725. The van der Waals surface area contributed by atoms with Crippen molar-refractivity contribution in [2.75, 3.05) is 6.54 Å². The van der Waals surface area contributed by atoms with Crippen LogP contribution in [0.1, 0.15) is 51.5 Å². The molecule has 20 heavy (non-hydrogen) atoms. The first-order valence-electron chi connectivity index (χ1n) is 7.64. The molecule has 0 heterocycles. The van der Waals surface area contributed by atoms with Gasteiger partial charge in [0.25, 0.3) is 0 Å². The van der Waals surface area contributed by atoms with Crippen LogP contribution in [-0.4, -0.2) is 12.6 Å². The first-order valence-corrected chi connectivity index (χ1v) is 8.39. The first-order chi connectivity index (χ1) is 9.46. The lowest BCUT2D eigenvalue weighted by molar-refractivity contribution is 0.310. The summed E-state index contributed by atoms with van der Waals surface area (Å²) in [5.74, 6) is 0. The molecule has 0 radical (unpaired) electrons. The minimum atomic E-state index is 0.524. The van der Waals surface area contributed by atoms with Crippen LogP contribution in [0.15, 0.2) is 18.2 Å². The molecule has 0 bridgehead atoms. The van der Waals surface area contributed by atoms with E-state index < -0.39 is 0 Å². The van der Waals surface area contributed by atoms with Gasteiger partial charge in [-0.1, -0.05) is 49.5 Å². The molecule has 0 aromatic heterocycles. The normalized spacial score (nSPS) is 22.5. The largest absolute Gasteiger partial charge is 0.314 e. The van der Waals surface area contributed by atoms with Crippen molar-refractivity contribution in [3.8, 4) is 0 Å². The lowest BCUT2D eigenvalue weighted by atomic mass is 9.85. The molecule has 1 saturated carbocycles. The highest BCUT2D eigenvalue weighted by Crippen LogP contribution is 2.33. The van der Waals surface area contributed by atoms with Gasteiger partial charge >= 0.3 is 0 Å². The van der Waals surface area contributed by atoms with E-state index in [2.05, 4.69) is 19.2 Å². The Morgan fingerprint density at radius 2 is 2.00 bits per heavy atom. The van der Waals surface area contributed by atoms with Gasteiger partial charge < -0.3 is 5.32 Å². The van der Waals surface area contributed by atoms with E-state index in [1.54, 1.807) is 0 Å². The Hall–Kier alpha value is -0.240. The van der Waals surface area contributed by atoms with Crippen molar-refractivity contribution in [2.24, 2.45) is 5.41 Å². The number of nitrogens with one attached hydrogen (secondary N) is 1. The molecule has 1 N–H and O–H groups in total. The fourth-order valence-corrected chi connectivity index (χ4v) is 3.50. The second-order valence-electron chi connectivity index (χ2n) is 6.73. The van der Waals surface area contributed by atoms with E-state index in [1.807, 2.05) is 18.2 Å². The van der Waals surface area contributed by atoms with Crippen molar-refractivity contribution in [1.29, 1.82) is 0 Å². The van der Waals surface area contributed by atoms with E-state index in [-0.39, 0.29) is 0 Å². The summed E-state index contributed by atoms with van der Waals surface area (Å²) in [6, 6.07) is 6.44. The zero-order chi connectivity index (χ0) is 14.6. The standard InChI is InChI=1S/C17H25Cl2N/c1-17(2)9-3-4-15(7-10-17)20-11-8-13-5-6-14(18)12-16(13)19/h5-6,12,15,20H,3-4,7-11H2,1-2H3. The topological polar surface area (TPSA) is 12.0 Å². The van der Waals surface area contributed by atoms with E-state index in [1.165, 1.54) is 37.7 Å². The summed E-state index contributed by atoms with van der Waals surface area (Å²) in [7, 11) is 0. The van der Waals surface area contributed by atoms with Gasteiger partial charge in [0.1, 0.15) is 0 Å². The summed E-state index contributed by atoms with van der Waals surface area (Å²) >= 11 is 12.1. The van der Waals surface area contributed by atoms with E-state index >= 15 is 0 Å². The van der Waals surface area contributed by atoms with Gasteiger partial charge in [-0.15, -0.1) is 0 Å². The maximum absolute atomic E-state index is 6.20. The molecule has 0 aliphatic heterocycles. The third kappa shape index (κ3) is 4.95. The van der Waals surface area contributed by atoms with E-state index in [0.29, 0.717) is 16.5 Å². The molecule has 0 amide bonds. The van der Waals surface area contributed by atoms with Crippen LogP contribution in [0, 0.1) is 5.41 Å². The minimum absolute atomic E-state index is 0.524. The SMILES string of the molecule is CC1(C)CCCC(NCCc2ccc(Cl)cc2Cl)CC1. The molecule has 1 nitrogen and oxygen atoms in total. The smallest absolute Gasteiger partial charge is 0.0453 e. The molecule has 1 aromatic carbocycles. The third-order valence-electron chi connectivity index (χ3n) is 4.42. The lowest BCUT2D eigenvalue weighted by Crippen LogP contribution is -2.30. The second-order valence-corrected chi connectivity index (χ2v) is 7.58. The van der Waals surface area contributed by atoms with Gasteiger partial charge in [0.2, 0.25) is 0 Å². The maximum atomic E-state index is 6.20. The molecular formula is C17H25Cl2N. The first kappa shape index (κ1) is 16.1. The summed E-state index contributed by atoms with van der Waals surface area (Å²) in [6.07, 6.45) is 7.59. The van der Waals surface area contributed by atoms with Crippen LogP contribution in [0.3, 0.4) is 0 Å². The van der Waals surface area contributed by atoms with Crippen LogP contribution in [-0.2, 0) is 6.42 Å². The van der Waals surface area contributed by atoms with Gasteiger partial charge in [-0.2, -0.15) is 0 Å². The predicted molar refractivity (Wildman–Crippen MR) is 88.8 cm³/mol. The molecule has 1 fully saturated rings. The van der Waals surface area contributed by atoms with E-state index in [0.717, 1.165) is 18.0 Å².